The third-order valence-electron chi connectivity index (χ3n) is 6.42. The number of benzene rings is 2. The molecule has 0 atom stereocenters. The van der Waals surface area contributed by atoms with Gasteiger partial charge >= 0.3 is 6.18 Å². The van der Waals surface area contributed by atoms with E-state index in [1.165, 1.54) is 6.07 Å². The first kappa shape index (κ1) is 32.0. The summed E-state index contributed by atoms with van der Waals surface area (Å²) < 4.78 is 64.9. The Balaban J connectivity index is 0.00000170. The molecule has 39 heavy (non-hydrogen) atoms. The fourth-order valence-corrected chi connectivity index (χ4v) is 3.93. The van der Waals surface area contributed by atoms with Crippen LogP contribution in [0.5, 0.6) is 0 Å². The molecular weight excluding hydrogens is 518 g/mol. The SMILES string of the molecule is CN(CC1COC(CCN(Cc2ccc(C(F)(F)F)c(F)c2)c2ccc(C#N)cc2)OC1)C(C)(C)C.O=CO. The smallest absolute Gasteiger partial charge is 0.419 e. The predicted molar refractivity (Wildman–Crippen MR) is 138 cm³/mol. The van der Waals surface area contributed by atoms with Crippen molar-refractivity contribution in [1.82, 2.24) is 4.90 Å². The zero-order valence-electron chi connectivity index (χ0n) is 22.5. The number of alkyl halides is 3. The molecule has 2 aromatic rings. The van der Waals surface area contributed by atoms with Gasteiger partial charge < -0.3 is 24.4 Å². The van der Waals surface area contributed by atoms with Gasteiger partial charge in [-0.2, -0.15) is 18.4 Å². The van der Waals surface area contributed by atoms with Crippen LogP contribution in [0.2, 0.25) is 0 Å². The quantitative estimate of drug-likeness (QED) is 0.340. The summed E-state index contributed by atoms with van der Waals surface area (Å²) in [5, 5.41) is 16.0. The van der Waals surface area contributed by atoms with Crippen LogP contribution in [0.4, 0.5) is 23.2 Å². The van der Waals surface area contributed by atoms with Crippen molar-refractivity contribution in [1.29, 1.82) is 5.26 Å². The Morgan fingerprint density at radius 1 is 1.10 bits per heavy atom. The molecule has 1 saturated heterocycles. The maximum atomic E-state index is 14.2. The lowest BCUT2D eigenvalue weighted by Crippen LogP contribution is -2.45. The van der Waals surface area contributed by atoms with Crippen molar-refractivity contribution in [2.75, 3.05) is 38.3 Å². The summed E-state index contributed by atoms with van der Waals surface area (Å²) in [4.78, 5) is 12.5. The highest BCUT2D eigenvalue weighted by Gasteiger charge is 2.34. The minimum atomic E-state index is -4.75. The Bertz CT molecular complexity index is 1090. The molecule has 3 rings (SSSR count). The van der Waals surface area contributed by atoms with Crippen molar-refractivity contribution < 1.29 is 36.9 Å². The van der Waals surface area contributed by atoms with Crippen LogP contribution in [0.25, 0.3) is 0 Å². The van der Waals surface area contributed by atoms with E-state index in [0.29, 0.717) is 37.3 Å². The van der Waals surface area contributed by atoms with E-state index < -0.39 is 23.8 Å². The normalized spacial score (nSPS) is 17.6. The number of nitriles is 1. The van der Waals surface area contributed by atoms with Crippen LogP contribution in [0, 0.1) is 23.1 Å². The van der Waals surface area contributed by atoms with Crippen molar-refractivity contribution >= 4 is 12.2 Å². The first-order valence-corrected chi connectivity index (χ1v) is 12.4. The number of hydrogen-bond donors (Lipinski definition) is 1. The van der Waals surface area contributed by atoms with Crippen LogP contribution < -0.4 is 4.90 Å². The van der Waals surface area contributed by atoms with E-state index in [4.69, 9.17) is 24.6 Å². The zero-order valence-corrected chi connectivity index (χ0v) is 22.5. The van der Waals surface area contributed by atoms with Crippen molar-refractivity contribution in [3.05, 3.63) is 65.0 Å². The van der Waals surface area contributed by atoms with Crippen LogP contribution >= 0.6 is 0 Å². The Morgan fingerprint density at radius 2 is 1.69 bits per heavy atom. The molecule has 1 heterocycles. The van der Waals surface area contributed by atoms with Crippen LogP contribution in [0.3, 0.4) is 0 Å². The Hall–Kier alpha value is -3.20. The van der Waals surface area contributed by atoms with Gasteiger partial charge in [-0.25, -0.2) is 4.39 Å². The third-order valence-corrected chi connectivity index (χ3v) is 6.42. The molecular formula is C28H35F4N3O4. The van der Waals surface area contributed by atoms with Gasteiger partial charge in [0.15, 0.2) is 6.29 Å². The third kappa shape index (κ3) is 10.1. The number of carboxylic acid groups (broad SMARTS) is 1. The van der Waals surface area contributed by atoms with E-state index in [1.54, 1.807) is 24.3 Å². The molecule has 0 unspecified atom stereocenters. The summed E-state index contributed by atoms with van der Waals surface area (Å²) in [5.74, 6) is -1.04. The standard InChI is InChI=1S/C27H33F4N3O2.CH2O2/c1-26(2,3)33(4)15-21-17-35-25(36-18-21)11-12-34(22-8-5-19(14-32)6-9-22)16-20-7-10-23(24(28)13-20)27(29,30)31;2-1-3/h5-10,13,21,25H,11-12,15-18H2,1-4H3;1H,(H,2,3). The summed E-state index contributed by atoms with van der Waals surface area (Å²) in [6, 6.07) is 11.9. The second-order valence-corrected chi connectivity index (χ2v) is 10.3. The lowest BCUT2D eigenvalue weighted by Gasteiger charge is -2.37. The Labute approximate surface area is 226 Å². The maximum Gasteiger partial charge on any atom is 0.419 e. The van der Waals surface area contributed by atoms with Gasteiger partial charge in [-0.3, -0.25) is 4.79 Å². The Kier molecular flexibility index (Phi) is 11.7. The first-order chi connectivity index (χ1) is 18.3. The molecule has 2 aromatic carbocycles. The second-order valence-electron chi connectivity index (χ2n) is 10.3. The largest absolute Gasteiger partial charge is 0.483 e. The second kappa shape index (κ2) is 14.3. The molecule has 11 heteroatoms. The molecule has 0 bridgehead atoms. The van der Waals surface area contributed by atoms with Crippen LogP contribution in [0.15, 0.2) is 42.5 Å². The van der Waals surface area contributed by atoms with Gasteiger partial charge in [0, 0.05) is 43.2 Å². The molecule has 0 radical (unpaired) electrons. The van der Waals surface area contributed by atoms with Crippen LogP contribution in [0.1, 0.15) is 43.9 Å². The van der Waals surface area contributed by atoms with Crippen LogP contribution in [-0.2, 0) is 27.0 Å². The molecule has 0 amide bonds. The van der Waals surface area contributed by atoms with E-state index in [-0.39, 0.29) is 24.5 Å². The van der Waals surface area contributed by atoms with Crippen molar-refractivity contribution in [2.24, 2.45) is 5.92 Å². The molecule has 1 aliphatic heterocycles. The van der Waals surface area contributed by atoms with Gasteiger partial charge in [0.25, 0.3) is 6.47 Å². The fourth-order valence-electron chi connectivity index (χ4n) is 3.93. The molecule has 0 aliphatic carbocycles. The zero-order chi connectivity index (χ0) is 29.2. The number of halogens is 4. The monoisotopic (exact) mass is 553 g/mol. The number of anilines is 1. The van der Waals surface area contributed by atoms with Gasteiger partial charge in [-0.05, 0) is 69.8 Å². The topological polar surface area (TPSA) is 86.0 Å². The van der Waals surface area contributed by atoms with Gasteiger partial charge in [0.2, 0.25) is 0 Å². The molecule has 1 fully saturated rings. The van der Waals surface area contributed by atoms with E-state index in [2.05, 4.69) is 38.8 Å². The van der Waals surface area contributed by atoms with Crippen molar-refractivity contribution in [3.8, 4) is 6.07 Å². The molecule has 7 nitrogen and oxygen atoms in total. The molecule has 1 N–H and O–H groups in total. The van der Waals surface area contributed by atoms with Gasteiger partial charge in [-0.15, -0.1) is 0 Å². The number of rotatable bonds is 8. The predicted octanol–water partition coefficient (Wildman–Crippen LogP) is 5.53. The van der Waals surface area contributed by atoms with Gasteiger partial charge in [-0.1, -0.05) is 6.07 Å². The van der Waals surface area contributed by atoms with Gasteiger partial charge in [0.05, 0.1) is 30.4 Å². The minimum Gasteiger partial charge on any atom is -0.483 e. The van der Waals surface area contributed by atoms with E-state index >= 15 is 0 Å². The summed E-state index contributed by atoms with van der Waals surface area (Å²) >= 11 is 0. The average molecular weight is 554 g/mol. The van der Waals surface area contributed by atoms with Crippen molar-refractivity contribution in [2.45, 2.75) is 51.7 Å². The number of hydrogen-bond acceptors (Lipinski definition) is 6. The molecule has 0 spiro atoms. The lowest BCUT2D eigenvalue weighted by molar-refractivity contribution is -0.204. The number of nitrogens with zero attached hydrogens (tertiary/aromatic N) is 3. The maximum absolute atomic E-state index is 14.2. The summed E-state index contributed by atoms with van der Waals surface area (Å²) in [7, 11) is 2.08. The first-order valence-electron chi connectivity index (χ1n) is 12.4. The average Bonchev–Trinajstić information content (AvgIpc) is 2.86. The van der Waals surface area contributed by atoms with E-state index in [9.17, 15) is 17.6 Å². The molecule has 0 aromatic heterocycles. The minimum absolute atomic E-state index is 0.0518. The lowest BCUT2D eigenvalue weighted by atomic mass is 10.0. The van der Waals surface area contributed by atoms with Crippen molar-refractivity contribution in [3.63, 3.8) is 0 Å². The van der Waals surface area contributed by atoms with E-state index in [0.717, 1.165) is 24.4 Å². The number of carbonyl (C=O) groups is 1. The highest BCUT2D eigenvalue weighted by Crippen LogP contribution is 2.32. The summed E-state index contributed by atoms with van der Waals surface area (Å²) in [5.41, 5.74) is 0.419. The molecule has 214 valence electrons. The highest BCUT2D eigenvalue weighted by atomic mass is 19.4. The molecule has 0 saturated carbocycles. The highest BCUT2D eigenvalue weighted by molar-refractivity contribution is 5.50. The van der Waals surface area contributed by atoms with Crippen LogP contribution in [-0.4, -0.2) is 61.7 Å². The van der Waals surface area contributed by atoms with Gasteiger partial charge in [0.1, 0.15) is 5.82 Å². The number of ether oxygens (including phenoxy) is 2. The molecule has 1 aliphatic rings. The summed E-state index contributed by atoms with van der Waals surface area (Å²) in [6.07, 6.45) is -4.64. The summed E-state index contributed by atoms with van der Waals surface area (Å²) in [6.45, 7) is 8.87. The fraction of sp³-hybridized carbons (Fsp3) is 0.500. The Morgan fingerprint density at radius 3 is 2.18 bits per heavy atom. The van der Waals surface area contributed by atoms with E-state index in [1.807, 2.05) is 4.90 Å².